The van der Waals surface area contributed by atoms with Crippen LogP contribution in [0, 0.1) is 91.7 Å². The van der Waals surface area contributed by atoms with Crippen molar-refractivity contribution in [3.63, 3.8) is 0 Å². The second-order valence-electron chi connectivity index (χ2n) is 27.5. The molecule has 0 aromatic carbocycles. The number of rotatable bonds is 20. The number of ether oxygens (including phenoxy) is 8. The molecule has 10 aliphatic carbocycles. The van der Waals surface area contributed by atoms with Gasteiger partial charge in [-0.1, -0.05) is 91.5 Å². The Morgan fingerprint density at radius 2 is 0.932 bits per heavy atom. The fraction of sp³-hybridized carbons (Fsp3) is 0.869. The summed E-state index contributed by atoms with van der Waals surface area (Å²) in [4.78, 5) is 54.0. The van der Waals surface area contributed by atoms with Gasteiger partial charge in [-0.2, -0.15) is 0 Å². The maximum atomic E-state index is 13.6. The third-order valence-electron chi connectivity index (χ3n) is 22.6. The largest absolute Gasteiger partial charge is 0.463 e. The summed E-state index contributed by atoms with van der Waals surface area (Å²) < 4.78 is 44.1. The van der Waals surface area contributed by atoms with E-state index in [9.17, 15) is 19.2 Å². The monoisotopic (exact) mass is 1010 g/mol. The van der Waals surface area contributed by atoms with E-state index in [0.29, 0.717) is 74.5 Å². The van der Waals surface area contributed by atoms with Gasteiger partial charge < -0.3 is 37.9 Å². The Morgan fingerprint density at radius 1 is 0.534 bits per heavy atom. The van der Waals surface area contributed by atoms with Gasteiger partial charge in [0, 0.05) is 16.7 Å². The maximum Gasteiger partial charge on any atom is 0.309 e. The van der Waals surface area contributed by atoms with Crippen LogP contribution in [0.2, 0.25) is 0 Å². The summed E-state index contributed by atoms with van der Waals surface area (Å²) in [6.07, 6.45) is 20.6. The van der Waals surface area contributed by atoms with E-state index in [2.05, 4.69) is 67.5 Å². The lowest BCUT2D eigenvalue weighted by atomic mass is 9.36. The van der Waals surface area contributed by atoms with Crippen LogP contribution in [0.15, 0.2) is 23.3 Å². The molecule has 4 heterocycles. The standard InChI is InChI=1S/C31H46O6.C30H44O6/c1-19(2)23-11-31-9-6-26-29(3,7-5-8-30(26,4)28(33)18-35-14-21-16-37-21)27(31)10-22(23)24(12-31)25(32)17-34-13-20-15-36-20;1-18(2)22-11-30-9-6-24-28(3,7-5-8-29(24,4)26(31)17-33-13-19-14-34-19)25(30)10-21(22)23(12-30)27(32)36-16-20-15-35-20/h11,19-22,24,26-27H,5-10,12-18H2,1-4H3;11,18-21,23-25H,5-10,12-17H2,1-4H3. The molecule has 18 atom stereocenters. The molecule has 73 heavy (non-hydrogen) atoms. The number of hydrogen-bond acceptors (Lipinski definition) is 12. The lowest BCUT2D eigenvalue weighted by molar-refractivity contribution is -0.181. The molecule has 0 aromatic heterocycles. The van der Waals surface area contributed by atoms with Crippen LogP contribution in [0.3, 0.4) is 0 Å². The van der Waals surface area contributed by atoms with Crippen LogP contribution in [0.4, 0.5) is 0 Å². The van der Waals surface area contributed by atoms with Crippen molar-refractivity contribution in [1.82, 2.24) is 0 Å². The summed E-state index contributed by atoms with van der Waals surface area (Å²) in [6.45, 7) is 24.2. The zero-order chi connectivity index (χ0) is 51.3. The molecule has 6 saturated carbocycles. The number of esters is 1. The molecular weight excluding hydrogens is 925 g/mol. The molecule has 18 unspecified atom stereocenters. The number of ketones is 3. The smallest absolute Gasteiger partial charge is 0.309 e. The highest BCUT2D eigenvalue weighted by atomic mass is 16.6. The van der Waals surface area contributed by atoms with Crippen LogP contribution in [0.25, 0.3) is 0 Å². The van der Waals surface area contributed by atoms with Crippen LogP contribution in [-0.4, -0.2) is 120 Å². The summed E-state index contributed by atoms with van der Waals surface area (Å²) in [5.74, 6) is 4.08. The summed E-state index contributed by atoms with van der Waals surface area (Å²) in [6, 6.07) is 0. The van der Waals surface area contributed by atoms with Gasteiger partial charge in [0.25, 0.3) is 0 Å². The number of Topliss-reactive ketones (excluding diaryl/α,β-unsaturated/α-hetero) is 3. The van der Waals surface area contributed by atoms with Crippen molar-refractivity contribution in [3.05, 3.63) is 23.3 Å². The van der Waals surface area contributed by atoms with E-state index in [1.54, 1.807) is 0 Å². The Morgan fingerprint density at radius 3 is 1.36 bits per heavy atom. The Labute approximate surface area is 436 Å². The van der Waals surface area contributed by atoms with Crippen molar-refractivity contribution in [2.24, 2.45) is 91.7 Å². The van der Waals surface area contributed by atoms with Crippen molar-refractivity contribution >= 4 is 23.3 Å². The number of fused-ring (bicyclic) bond motifs is 4. The van der Waals surface area contributed by atoms with Gasteiger partial charge >= 0.3 is 5.97 Å². The minimum atomic E-state index is -0.330. The van der Waals surface area contributed by atoms with Gasteiger partial charge in [0.1, 0.15) is 50.8 Å². The second-order valence-corrected chi connectivity index (χ2v) is 27.5. The predicted molar refractivity (Wildman–Crippen MR) is 273 cm³/mol. The number of carbonyl (C=O) groups is 4. The summed E-state index contributed by atoms with van der Waals surface area (Å²) in [5.41, 5.74) is 2.64. The first kappa shape index (κ1) is 52.7. The van der Waals surface area contributed by atoms with E-state index >= 15 is 0 Å². The summed E-state index contributed by atoms with van der Waals surface area (Å²) in [5, 5.41) is 0. The lowest BCUT2D eigenvalue weighted by Gasteiger charge is -2.68. The molecule has 2 spiro atoms. The second kappa shape index (κ2) is 19.8. The number of epoxide rings is 4. The molecule has 14 rings (SSSR count). The highest BCUT2D eigenvalue weighted by molar-refractivity contribution is 5.87. The van der Waals surface area contributed by atoms with Crippen molar-refractivity contribution in [2.45, 2.75) is 170 Å². The molecule has 12 nitrogen and oxygen atoms in total. The Hall–Kier alpha value is -2.32. The topological polar surface area (TPSA) is 155 Å². The Balaban J connectivity index is 0.000000157. The van der Waals surface area contributed by atoms with E-state index < -0.39 is 0 Å². The average Bonchev–Trinajstić information content (AvgIpc) is 4.12. The molecule has 4 bridgehead atoms. The van der Waals surface area contributed by atoms with Crippen molar-refractivity contribution in [1.29, 1.82) is 0 Å². The first-order chi connectivity index (χ1) is 34.8. The van der Waals surface area contributed by atoms with Crippen molar-refractivity contribution < 1.29 is 57.1 Å². The zero-order valence-corrected chi connectivity index (χ0v) is 45.8. The molecule has 406 valence electrons. The molecule has 0 radical (unpaired) electrons. The normalized spacial score (nSPS) is 46.1. The SMILES string of the molecule is CC(C)C1=CC23CCC4C(C)(C(=O)COCC5CO5)CCCC4(C)C2CC1C(C(=O)COCC1CO1)C3.CC(C)C1=CC23CCC4C(C)(C(=O)COCC5CO5)CCCC4(C)C2CC1C(C(=O)OCC1CO1)C3. The van der Waals surface area contributed by atoms with Gasteiger partial charge in [0.15, 0.2) is 17.3 Å². The molecule has 14 aliphatic rings. The molecule has 0 amide bonds. The Kier molecular flexibility index (Phi) is 14.3. The average molecular weight is 1020 g/mol. The van der Waals surface area contributed by atoms with Gasteiger partial charge in [-0.3, -0.25) is 19.2 Å². The van der Waals surface area contributed by atoms with Crippen LogP contribution in [-0.2, 0) is 57.1 Å². The summed E-state index contributed by atoms with van der Waals surface area (Å²) in [7, 11) is 0. The van der Waals surface area contributed by atoms with E-state index in [1.165, 1.54) is 24.0 Å². The van der Waals surface area contributed by atoms with Gasteiger partial charge in [-0.25, -0.2) is 0 Å². The highest BCUT2D eigenvalue weighted by Crippen LogP contribution is 2.74. The van der Waals surface area contributed by atoms with Crippen LogP contribution in [0.1, 0.15) is 145 Å². The van der Waals surface area contributed by atoms with E-state index in [4.69, 9.17) is 37.9 Å². The number of hydrogen-bond donors (Lipinski definition) is 0. The molecule has 10 fully saturated rings. The molecule has 0 N–H and O–H groups in total. The van der Waals surface area contributed by atoms with Gasteiger partial charge in [0.05, 0.1) is 52.2 Å². The maximum absolute atomic E-state index is 13.6. The fourth-order valence-corrected chi connectivity index (χ4v) is 18.6. The van der Waals surface area contributed by atoms with Gasteiger partial charge in [0.2, 0.25) is 0 Å². The minimum Gasteiger partial charge on any atom is -0.463 e. The van der Waals surface area contributed by atoms with E-state index in [0.717, 1.165) is 96.9 Å². The van der Waals surface area contributed by atoms with E-state index in [1.807, 2.05) is 0 Å². The van der Waals surface area contributed by atoms with Gasteiger partial charge in [-0.05, 0) is 146 Å². The Bertz CT molecular complexity index is 2190. The predicted octanol–water partition coefficient (Wildman–Crippen LogP) is 9.53. The first-order valence-electron chi connectivity index (χ1n) is 29.2. The van der Waals surface area contributed by atoms with Crippen LogP contribution >= 0.6 is 0 Å². The van der Waals surface area contributed by atoms with Crippen molar-refractivity contribution in [2.75, 3.05) is 72.7 Å². The highest BCUT2D eigenvalue weighted by Gasteiger charge is 2.68. The molecule has 0 aromatic rings. The number of allylic oxidation sites excluding steroid dienone is 4. The quantitative estimate of drug-likeness (QED) is 0.0648. The summed E-state index contributed by atoms with van der Waals surface area (Å²) >= 11 is 0. The van der Waals surface area contributed by atoms with Crippen molar-refractivity contribution in [3.8, 4) is 0 Å². The molecular formula is C61H90O12. The first-order valence-corrected chi connectivity index (χ1v) is 29.2. The molecule has 12 heteroatoms. The van der Waals surface area contributed by atoms with Crippen LogP contribution < -0.4 is 0 Å². The zero-order valence-electron chi connectivity index (χ0n) is 45.8. The minimum absolute atomic E-state index is 0.0210. The fourth-order valence-electron chi connectivity index (χ4n) is 18.6. The molecule has 4 aliphatic heterocycles. The molecule has 4 saturated heterocycles. The number of carbonyl (C=O) groups excluding carboxylic acids is 4. The lowest BCUT2D eigenvalue weighted by Crippen LogP contribution is -2.62. The van der Waals surface area contributed by atoms with Gasteiger partial charge in [-0.15, -0.1) is 0 Å². The van der Waals surface area contributed by atoms with Crippen LogP contribution in [0.5, 0.6) is 0 Å². The third kappa shape index (κ3) is 9.78. The third-order valence-corrected chi connectivity index (χ3v) is 22.6. The van der Waals surface area contributed by atoms with E-state index in [-0.39, 0.29) is 118 Å².